The van der Waals surface area contributed by atoms with E-state index in [1.54, 1.807) is 12.1 Å². The van der Waals surface area contributed by atoms with E-state index in [-0.39, 0.29) is 16.8 Å². The second-order valence-electron chi connectivity index (χ2n) is 6.15. The smallest absolute Gasteiger partial charge is 0.251 e. The van der Waals surface area contributed by atoms with Crippen LogP contribution in [0.5, 0.6) is 0 Å². The molecule has 1 saturated heterocycles. The fraction of sp³-hybridized carbons (Fsp3) is 0.588. The SMILES string of the molecule is CCC[C@@H](C)NC(=O)c1ccc(S(=O)(=O)N2CCCCC2)cc1. The summed E-state index contributed by atoms with van der Waals surface area (Å²) in [7, 11) is -3.43. The Morgan fingerprint density at radius 2 is 1.78 bits per heavy atom. The van der Waals surface area contributed by atoms with Crippen molar-refractivity contribution in [1.82, 2.24) is 9.62 Å². The summed E-state index contributed by atoms with van der Waals surface area (Å²) in [4.78, 5) is 12.4. The molecule has 1 aliphatic rings. The van der Waals surface area contributed by atoms with Gasteiger partial charge in [-0.05, 0) is 50.5 Å². The van der Waals surface area contributed by atoms with E-state index in [4.69, 9.17) is 0 Å². The molecule has 23 heavy (non-hydrogen) atoms. The quantitative estimate of drug-likeness (QED) is 0.867. The van der Waals surface area contributed by atoms with Crippen molar-refractivity contribution < 1.29 is 13.2 Å². The molecule has 0 bridgehead atoms. The number of piperidine rings is 1. The summed E-state index contributed by atoms with van der Waals surface area (Å²) in [5, 5.41) is 2.92. The zero-order valence-corrected chi connectivity index (χ0v) is 14.7. The molecule has 1 N–H and O–H groups in total. The molecule has 1 aromatic carbocycles. The number of hydrogen-bond donors (Lipinski definition) is 1. The van der Waals surface area contributed by atoms with Crippen LogP contribution in [-0.4, -0.2) is 37.8 Å². The van der Waals surface area contributed by atoms with Crippen LogP contribution in [-0.2, 0) is 10.0 Å². The third-order valence-corrected chi connectivity index (χ3v) is 6.08. The highest BCUT2D eigenvalue weighted by atomic mass is 32.2. The maximum absolute atomic E-state index is 12.6. The second kappa shape index (κ2) is 7.93. The molecule has 1 aromatic rings. The number of nitrogens with one attached hydrogen (secondary N) is 1. The summed E-state index contributed by atoms with van der Waals surface area (Å²) in [5.41, 5.74) is 0.491. The lowest BCUT2D eigenvalue weighted by Gasteiger charge is -2.25. The van der Waals surface area contributed by atoms with E-state index in [0.717, 1.165) is 32.1 Å². The van der Waals surface area contributed by atoms with E-state index in [1.807, 2.05) is 6.92 Å². The first-order chi connectivity index (χ1) is 10.9. The average molecular weight is 338 g/mol. The summed E-state index contributed by atoms with van der Waals surface area (Å²) in [5.74, 6) is -0.159. The van der Waals surface area contributed by atoms with Crippen LogP contribution in [0.1, 0.15) is 56.3 Å². The molecular weight excluding hydrogens is 312 g/mol. The topological polar surface area (TPSA) is 66.5 Å². The molecule has 128 valence electrons. The lowest BCUT2D eigenvalue weighted by molar-refractivity contribution is 0.0938. The van der Waals surface area contributed by atoms with Gasteiger partial charge in [0.1, 0.15) is 0 Å². The average Bonchev–Trinajstić information content (AvgIpc) is 2.56. The number of carbonyl (C=O) groups is 1. The Balaban J connectivity index is 2.08. The minimum atomic E-state index is -3.43. The molecule has 1 heterocycles. The number of benzene rings is 1. The first-order valence-corrected chi connectivity index (χ1v) is 9.80. The van der Waals surface area contributed by atoms with Gasteiger partial charge in [0, 0.05) is 24.7 Å². The highest BCUT2D eigenvalue weighted by Crippen LogP contribution is 2.20. The van der Waals surface area contributed by atoms with Crippen LogP contribution >= 0.6 is 0 Å². The van der Waals surface area contributed by atoms with Crippen LogP contribution in [0, 0.1) is 0 Å². The third-order valence-electron chi connectivity index (χ3n) is 4.17. The van der Waals surface area contributed by atoms with Gasteiger partial charge in [-0.2, -0.15) is 4.31 Å². The third kappa shape index (κ3) is 4.54. The summed E-state index contributed by atoms with van der Waals surface area (Å²) in [6.45, 7) is 5.21. The lowest BCUT2D eigenvalue weighted by atomic mass is 10.1. The summed E-state index contributed by atoms with van der Waals surface area (Å²) in [6.07, 6.45) is 4.84. The van der Waals surface area contributed by atoms with E-state index in [1.165, 1.54) is 16.4 Å². The van der Waals surface area contributed by atoms with Gasteiger partial charge in [0.2, 0.25) is 10.0 Å². The Bertz CT molecular complexity index is 620. The zero-order valence-electron chi connectivity index (χ0n) is 13.9. The van der Waals surface area contributed by atoms with Crippen LogP contribution in [0.15, 0.2) is 29.2 Å². The van der Waals surface area contributed by atoms with Gasteiger partial charge < -0.3 is 5.32 Å². The highest BCUT2D eigenvalue weighted by Gasteiger charge is 2.25. The van der Waals surface area contributed by atoms with Crippen molar-refractivity contribution in [2.45, 2.75) is 56.9 Å². The zero-order chi connectivity index (χ0) is 16.9. The fourth-order valence-corrected chi connectivity index (χ4v) is 4.36. The Morgan fingerprint density at radius 1 is 1.17 bits per heavy atom. The van der Waals surface area contributed by atoms with Crippen molar-refractivity contribution >= 4 is 15.9 Å². The molecule has 0 spiro atoms. The maximum atomic E-state index is 12.6. The predicted octanol–water partition coefficient (Wildman–Crippen LogP) is 2.78. The molecule has 1 aliphatic heterocycles. The van der Waals surface area contributed by atoms with Crippen molar-refractivity contribution in [3.8, 4) is 0 Å². The fourth-order valence-electron chi connectivity index (χ4n) is 2.84. The number of hydrogen-bond acceptors (Lipinski definition) is 3. The number of amides is 1. The summed E-state index contributed by atoms with van der Waals surface area (Å²) >= 11 is 0. The van der Waals surface area contributed by atoms with Gasteiger partial charge in [-0.25, -0.2) is 8.42 Å². The Labute approximate surface area is 139 Å². The summed E-state index contributed by atoms with van der Waals surface area (Å²) < 4.78 is 26.7. The van der Waals surface area contributed by atoms with E-state index in [0.29, 0.717) is 18.7 Å². The van der Waals surface area contributed by atoms with Crippen molar-refractivity contribution in [2.24, 2.45) is 0 Å². The number of sulfonamides is 1. The minimum absolute atomic E-state index is 0.115. The number of carbonyl (C=O) groups excluding carboxylic acids is 1. The standard InChI is InChI=1S/C17H26N2O3S/c1-3-7-14(2)18-17(20)15-8-10-16(11-9-15)23(21,22)19-12-5-4-6-13-19/h8-11,14H,3-7,12-13H2,1-2H3,(H,18,20)/t14-/m1/s1. The van der Waals surface area contributed by atoms with Crippen LogP contribution in [0.2, 0.25) is 0 Å². The Kier molecular flexibility index (Phi) is 6.18. The summed E-state index contributed by atoms with van der Waals surface area (Å²) in [6, 6.07) is 6.35. The van der Waals surface area contributed by atoms with Crippen molar-refractivity contribution in [2.75, 3.05) is 13.1 Å². The molecule has 6 heteroatoms. The van der Waals surface area contributed by atoms with E-state index < -0.39 is 10.0 Å². The molecule has 1 fully saturated rings. The van der Waals surface area contributed by atoms with E-state index in [2.05, 4.69) is 12.2 Å². The second-order valence-corrected chi connectivity index (χ2v) is 8.09. The van der Waals surface area contributed by atoms with Gasteiger partial charge in [0.15, 0.2) is 0 Å². The van der Waals surface area contributed by atoms with Crippen LogP contribution < -0.4 is 5.32 Å². The highest BCUT2D eigenvalue weighted by molar-refractivity contribution is 7.89. The van der Waals surface area contributed by atoms with Gasteiger partial charge in [-0.15, -0.1) is 0 Å². The van der Waals surface area contributed by atoms with Crippen LogP contribution in [0.3, 0.4) is 0 Å². The molecule has 0 aromatic heterocycles. The van der Waals surface area contributed by atoms with Gasteiger partial charge in [0.25, 0.3) is 5.91 Å². The molecule has 0 saturated carbocycles. The van der Waals surface area contributed by atoms with Crippen molar-refractivity contribution in [1.29, 1.82) is 0 Å². The first-order valence-electron chi connectivity index (χ1n) is 8.36. The molecule has 2 rings (SSSR count). The molecular formula is C17H26N2O3S. The molecule has 5 nitrogen and oxygen atoms in total. The van der Waals surface area contributed by atoms with E-state index in [9.17, 15) is 13.2 Å². The number of rotatable bonds is 6. The van der Waals surface area contributed by atoms with Gasteiger partial charge >= 0.3 is 0 Å². The molecule has 0 radical (unpaired) electrons. The molecule has 1 atom stereocenters. The molecule has 0 aliphatic carbocycles. The van der Waals surface area contributed by atoms with Crippen molar-refractivity contribution in [3.05, 3.63) is 29.8 Å². The van der Waals surface area contributed by atoms with Gasteiger partial charge in [0.05, 0.1) is 4.90 Å². The van der Waals surface area contributed by atoms with Crippen molar-refractivity contribution in [3.63, 3.8) is 0 Å². The van der Waals surface area contributed by atoms with Gasteiger partial charge in [-0.3, -0.25) is 4.79 Å². The predicted molar refractivity (Wildman–Crippen MR) is 90.9 cm³/mol. The Hall–Kier alpha value is -1.40. The molecule has 0 unspecified atom stereocenters. The number of nitrogens with zero attached hydrogens (tertiary/aromatic N) is 1. The Morgan fingerprint density at radius 3 is 2.35 bits per heavy atom. The maximum Gasteiger partial charge on any atom is 0.251 e. The lowest BCUT2D eigenvalue weighted by Crippen LogP contribution is -2.35. The molecule has 1 amide bonds. The van der Waals surface area contributed by atoms with Gasteiger partial charge in [-0.1, -0.05) is 19.8 Å². The largest absolute Gasteiger partial charge is 0.350 e. The van der Waals surface area contributed by atoms with Crippen LogP contribution in [0.4, 0.5) is 0 Å². The monoisotopic (exact) mass is 338 g/mol. The van der Waals surface area contributed by atoms with E-state index >= 15 is 0 Å². The normalized spacial score (nSPS) is 17.7. The van der Waals surface area contributed by atoms with Crippen LogP contribution in [0.25, 0.3) is 0 Å². The first kappa shape index (κ1) is 17.9. The minimum Gasteiger partial charge on any atom is -0.350 e.